The van der Waals surface area contributed by atoms with Gasteiger partial charge in [0, 0.05) is 36.8 Å². The van der Waals surface area contributed by atoms with Crippen molar-refractivity contribution < 1.29 is 4.42 Å². The molecular weight excluding hydrogens is 615 g/mol. The number of thiophene rings is 1. The SMILES string of the molecule is c1ccc(N(c2ccc(-c3ccc4ccccc4c3)cc2)c2cccc3oc4ccccc4c23)c(-c2ccc3sc4ccccc4c3c2)c1. The Morgan fingerprint density at radius 1 is 0.408 bits per heavy atom. The van der Waals surface area contributed by atoms with Crippen LogP contribution in [0, 0.1) is 0 Å². The van der Waals surface area contributed by atoms with E-state index in [1.165, 1.54) is 53.2 Å². The Bertz CT molecular complexity index is 2840. The van der Waals surface area contributed by atoms with Gasteiger partial charge >= 0.3 is 0 Å². The summed E-state index contributed by atoms with van der Waals surface area (Å²) in [5.41, 5.74) is 9.78. The lowest BCUT2D eigenvalue weighted by Gasteiger charge is -2.28. The van der Waals surface area contributed by atoms with Gasteiger partial charge in [0.05, 0.1) is 16.8 Å². The zero-order valence-electron chi connectivity index (χ0n) is 26.5. The Morgan fingerprint density at radius 3 is 2.00 bits per heavy atom. The Hall–Kier alpha value is -6.16. The zero-order chi connectivity index (χ0) is 32.3. The summed E-state index contributed by atoms with van der Waals surface area (Å²) in [6.45, 7) is 0. The number of benzene rings is 8. The minimum atomic E-state index is 0.875. The van der Waals surface area contributed by atoms with E-state index in [1.54, 1.807) is 0 Å². The van der Waals surface area contributed by atoms with E-state index in [9.17, 15) is 0 Å². The van der Waals surface area contributed by atoms with Crippen LogP contribution in [0.1, 0.15) is 0 Å². The molecule has 10 rings (SSSR count). The number of nitrogens with zero attached hydrogens (tertiary/aromatic N) is 1. The van der Waals surface area contributed by atoms with E-state index in [4.69, 9.17) is 4.42 Å². The van der Waals surface area contributed by atoms with E-state index in [0.717, 1.165) is 39.0 Å². The molecule has 0 unspecified atom stereocenters. The van der Waals surface area contributed by atoms with Crippen molar-refractivity contribution in [2.45, 2.75) is 0 Å². The van der Waals surface area contributed by atoms with E-state index < -0.39 is 0 Å². The van der Waals surface area contributed by atoms with Crippen LogP contribution in [0.5, 0.6) is 0 Å². The summed E-state index contributed by atoms with van der Waals surface area (Å²) in [6, 6.07) is 63.3. The third-order valence-corrected chi connectivity index (χ3v) is 10.8. The van der Waals surface area contributed by atoms with Crippen molar-refractivity contribution in [2.24, 2.45) is 0 Å². The number of hydrogen-bond acceptors (Lipinski definition) is 3. The molecule has 0 amide bonds. The maximum absolute atomic E-state index is 6.40. The quantitative estimate of drug-likeness (QED) is 0.186. The predicted molar refractivity (Wildman–Crippen MR) is 210 cm³/mol. The minimum Gasteiger partial charge on any atom is -0.456 e. The Kier molecular flexibility index (Phi) is 6.39. The van der Waals surface area contributed by atoms with Crippen molar-refractivity contribution >= 4 is 81.3 Å². The van der Waals surface area contributed by atoms with Gasteiger partial charge in [0.25, 0.3) is 0 Å². The molecular formula is C46H29NOS. The topological polar surface area (TPSA) is 16.4 Å². The Labute approximate surface area is 287 Å². The molecule has 0 saturated heterocycles. The van der Waals surface area contributed by atoms with Gasteiger partial charge in [0.1, 0.15) is 11.2 Å². The molecule has 3 heteroatoms. The van der Waals surface area contributed by atoms with Crippen molar-refractivity contribution in [3.05, 3.63) is 176 Å². The van der Waals surface area contributed by atoms with Gasteiger partial charge in [-0.25, -0.2) is 0 Å². The summed E-state index contributed by atoms with van der Waals surface area (Å²) in [7, 11) is 0. The number of para-hydroxylation sites is 2. The van der Waals surface area contributed by atoms with Crippen molar-refractivity contribution in [2.75, 3.05) is 4.90 Å². The maximum Gasteiger partial charge on any atom is 0.137 e. The summed E-state index contributed by atoms with van der Waals surface area (Å²) in [5, 5.41) is 7.30. The summed E-state index contributed by atoms with van der Waals surface area (Å²) in [4.78, 5) is 2.40. The average Bonchev–Trinajstić information content (AvgIpc) is 3.74. The second-order valence-electron chi connectivity index (χ2n) is 12.5. The van der Waals surface area contributed by atoms with Gasteiger partial charge in [-0.15, -0.1) is 11.3 Å². The highest BCUT2D eigenvalue weighted by Crippen LogP contribution is 2.47. The van der Waals surface area contributed by atoms with E-state index in [0.29, 0.717) is 0 Å². The molecule has 0 aliphatic rings. The van der Waals surface area contributed by atoms with Gasteiger partial charge in [0.15, 0.2) is 0 Å². The highest BCUT2D eigenvalue weighted by atomic mass is 32.1. The highest BCUT2D eigenvalue weighted by molar-refractivity contribution is 7.25. The monoisotopic (exact) mass is 643 g/mol. The van der Waals surface area contributed by atoms with Crippen LogP contribution in [0.15, 0.2) is 180 Å². The fourth-order valence-corrected chi connectivity index (χ4v) is 8.41. The normalized spacial score (nSPS) is 11.7. The van der Waals surface area contributed by atoms with Gasteiger partial charge in [-0.1, -0.05) is 115 Å². The first kappa shape index (κ1) is 27.9. The van der Waals surface area contributed by atoms with Crippen LogP contribution >= 0.6 is 11.3 Å². The molecule has 0 spiro atoms. The molecule has 10 aromatic rings. The van der Waals surface area contributed by atoms with Crippen LogP contribution in [0.4, 0.5) is 17.1 Å². The van der Waals surface area contributed by atoms with Gasteiger partial charge in [-0.3, -0.25) is 0 Å². The van der Waals surface area contributed by atoms with Crippen LogP contribution in [0.25, 0.3) is 75.1 Å². The first-order valence-corrected chi connectivity index (χ1v) is 17.4. The molecule has 0 atom stereocenters. The van der Waals surface area contributed by atoms with E-state index in [2.05, 4.69) is 175 Å². The third kappa shape index (κ3) is 4.62. The average molecular weight is 644 g/mol. The number of rotatable bonds is 5. The summed E-state index contributed by atoms with van der Waals surface area (Å²) in [6.07, 6.45) is 0. The third-order valence-electron chi connectivity index (χ3n) is 9.66. The largest absolute Gasteiger partial charge is 0.456 e. The molecule has 0 saturated carbocycles. The first-order chi connectivity index (χ1) is 24.3. The zero-order valence-corrected chi connectivity index (χ0v) is 27.3. The van der Waals surface area contributed by atoms with Crippen molar-refractivity contribution in [3.63, 3.8) is 0 Å². The highest BCUT2D eigenvalue weighted by Gasteiger charge is 2.22. The van der Waals surface area contributed by atoms with Crippen LogP contribution < -0.4 is 4.90 Å². The van der Waals surface area contributed by atoms with Crippen molar-refractivity contribution in [1.29, 1.82) is 0 Å². The molecule has 0 aliphatic carbocycles. The van der Waals surface area contributed by atoms with Crippen molar-refractivity contribution in [1.82, 2.24) is 0 Å². The number of furan rings is 1. The smallest absolute Gasteiger partial charge is 0.137 e. The van der Waals surface area contributed by atoms with Gasteiger partial charge in [-0.2, -0.15) is 0 Å². The second kappa shape index (κ2) is 11.2. The lowest BCUT2D eigenvalue weighted by molar-refractivity contribution is 0.669. The summed E-state index contributed by atoms with van der Waals surface area (Å²) in [5.74, 6) is 0. The number of hydrogen-bond donors (Lipinski definition) is 0. The standard InChI is InChI=1S/C46H29NOS/c1-2-11-32-28-33(21-20-30(32)10-1)31-22-25-35(26-23-31)47(41-16-9-18-43-46(41)38-14-4-7-17-42(38)48-43)40-15-6-3-12-36(40)34-24-27-45-39(29-34)37-13-5-8-19-44(37)49-45/h1-29H. The van der Waals surface area contributed by atoms with Gasteiger partial charge in [-0.05, 0) is 88.1 Å². The lowest BCUT2D eigenvalue weighted by Crippen LogP contribution is -2.11. The molecule has 2 heterocycles. The van der Waals surface area contributed by atoms with E-state index in [1.807, 2.05) is 17.4 Å². The lowest BCUT2D eigenvalue weighted by atomic mass is 9.98. The Morgan fingerprint density at radius 2 is 1.08 bits per heavy atom. The summed E-state index contributed by atoms with van der Waals surface area (Å²) >= 11 is 1.85. The van der Waals surface area contributed by atoms with Crippen LogP contribution in [-0.4, -0.2) is 0 Å². The van der Waals surface area contributed by atoms with Crippen LogP contribution in [0.3, 0.4) is 0 Å². The molecule has 0 radical (unpaired) electrons. The number of fused-ring (bicyclic) bond motifs is 7. The molecule has 49 heavy (non-hydrogen) atoms. The molecule has 0 fully saturated rings. The molecule has 2 nitrogen and oxygen atoms in total. The fourth-order valence-electron chi connectivity index (χ4n) is 7.33. The number of anilines is 3. The second-order valence-corrected chi connectivity index (χ2v) is 13.6. The molecule has 8 aromatic carbocycles. The van der Waals surface area contributed by atoms with Crippen LogP contribution in [-0.2, 0) is 0 Å². The molecule has 2 aromatic heterocycles. The van der Waals surface area contributed by atoms with Gasteiger partial charge < -0.3 is 9.32 Å². The van der Waals surface area contributed by atoms with Gasteiger partial charge in [0.2, 0.25) is 0 Å². The van der Waals surface area contributed by atoms with Crippen molar-refractivity contribution in [3.8, 4) is 22.3 Å². The Balaban J connectivity index is 1.18. The molecule has 0 N–H and O–H groups in total. The van der Waals surface area contributed by atoms with Crippen LogP contribution in [0.2, 0.25) is 0 Å². The first-order valence-electron chi connectivity index (χ1n) is 16.6. The van der Waals surface area contributed by atoms with E-state index in [-0.39, 0.29) is 0 Å². The summed E-state index contributed by atoms with van der Waals surface area (Å²) < 4.78 is 9.01. The minimum absolute atomic E-state index is 0.875. The fraction of sp³-hybridized carbons (Fsp3) is 0. The predicted octanol–water partition coefficient (Wildman–Crippen LogP) is 13.9. The molecule has 230 valence electrons. The van der Waals surface area contributed by atoms with E-state index >= 15 is 0 Å². The molecule has 0 aliphatic heterocycles. The molecule has 0 bridgehead atoms. The maximum atomic E-state index is 6.40.